The van der Waals surface area contributed by atoms with Crippen LogP contribution in [0.15, 0.2) is 23.1 Å². The molecule has 0 spiro atoms. The Kier molecular flexibility index (Phi) is 3.63. The molecule has 1 aromatic carbocycles. The molecule has 0 heterocycles. The molecule has 106 valence electrons. The predicted molar refractivity (Wildman–Crippen MR) is 66.9 cm³/mol. The molecule has 0 bridgehead atoms. The van der Waals surface area contributed by atoms with Gasteiger partial charge in [-0.2, -0.15) is 0 Å². The van der Waals surface area contributed by atoms with Gasteiger partial charge in [0.15, 0.2) is 0 Å². The summed E-state index contributed by atoms with van der Waals surface area (Å²) >= 11 is 0. The summed E-state index contributed by atoms with van der Waals surface area (Å²) in [4.78, 5) is -0.426. The molecule has 1 fully saturated rings. The van der Waals surface area contributed by atoms with E-state index >= 15 is 0 Å². The quantitative estimate of drug-likeness (QED) is 0.860. The summed E-state index contributed by atoms with van der Waals surface area (Å²) in [5, 5.41) is 0. The van der Waals surface area contributed by atoms with E-state index in [2.05, 4.69) is 4.72 Å². The second-order valence-electron chi connectivity index (χ2n) is 5.11. The van der Waals surface area contributed by atoms with E-state index in [9.17, 15) is 17.2 Å². The first-order valence-corrected chi connectivity index (χ1v) is 7.45. The van der Waals surface area contributed by atoms with Crippen LogP contribution in [0.2, 0.25) is 0 Å². The second-order valence-corrected chi connectivity index (χ2v) is 6.79. The van der Waals surface area contributed by atoms with Crippen LogP contribution in [-0.2, 0) is 10.0 Å². The molecule has 3 N–H and O–H groups in total. The summed E-state index contributed by atoms with van der Waals surface area (Å²) < 4.78 is 52.9. The molecule has 0 saturated heterocycles. The fourth-order valence-corrected chi connectivity index (χ4v) is 3.58. The Balaban J connectivity index is 2.31. The average molecular weight is 290 g/mol. The number of halogens is 2. The van der Waals surface area contributed by atoms with Gasteiger partial charge >= 0.3 is 0 Å². The smallest absolute Gasteiger partial charge is 0.241 e. The molecule has 1 aromatic rings. The van der Waals surface area contributed by atoms with Crippen LogP contribution in [0.5, 0.6) is 0 Å². The minimum absolute atomic E-state index is 0.134. The Morgan fingerprint density at radius 2 is 1.84 bits per heavy atom. The Morgan fingerprint density at radius 1 is 1.32 bits per heavy atom. The molecule has 2 rings (SSSR count). The van der Waals surface area contributed by atoms with Crippen LogP contribution < -0.4 is 10.5 Å². The summed E-state index contributed by atoms with van der Waals surface area (Å²) in [7, 11) is -3.99. The van der Waals surface area contributed by atoms with Crippen molar-refractivity contribution in [2.45, 2.75) is 30.2 Å². The summed E-state index contributed by atoms with van der Waals surface area (Å²) in [6.45, 7) is 1.84. The zero-order valence-electron chi connectivity index (χ0n) is 10.5. The van der Waals surface area contributed by atoms with E-state index in [1.165, 1.54) is 0 Å². The molecule has 0 radical (unpaired) electrons. The Bertz CT molecular complexity index is 567. The molecule has 1 atom stereocenters. The third-order valence-electron chi connectivity index (χ3n) is 3.42. The third kappa shape index (κ3) is 3.10. The molecular formula is C12H16F2N2O2S. The molecule has 7 heteroatoms. The van der Waals surface area contributed by atoms with Crippen molar-refractivity contribution in [1.82, 2.24) is 4.72 Å². The van der Waals surface area contributed by atoms with Gasteiger partial charge in [0, 0.05) is 18.2 Å². The number of nitrogens with one attached hydrogen (secondary N) is 1. The van der Waals surface area contributed by atoms with E-state index in [1.807, 2.05) is 0 Å². The van der Waals surface area contributed by atoms with Gasteiger partial charge in [0.2, 0.25) is 10.0 Å². The van der Waals surface area contributed by atoms with Gasteiger partial charge in [0.05, 0.1) is 4.90 Å². The number of benzene rings is 1. The Labute approximate surface area is 111 Å². The highest BCUT2D eigenvalue weighted by molar-refractivity contribution is 7.89. The molecule has 0 amide bonds. The van der Waals surface area contributed by atoms with Gasteiger partial charge in [-0.15, -0.1) is 0 Å². The van der Waals surface area contributed by atoms with E-state index in [-0.39, 0.29) is 12.5 Å². The zero-order valence-corrected chi connectivity index (χ0v) is 11.3. The van der Waals surface area contributed by atoms with Crippen molar-refractivity contribution < 1.29 is 17.2 Å². The summed E-state index contributed by atoms with van der Waals surface area (Å²) in [6.07, 6.45) is 1.79. The Morgan fingerprint density at radius 3 is 2.26 bits per heavy atom. The maximum Gasteiger partial charge on any atom is 0.241 e. The van der Waals surface area contributed by atoms with E-state index in [0.717, 1.165) is 25.0 Å². The van der Waals surface area contributed by atoms with Gasteiger partial charge in [-0.1, -0.05) is 0 Å². The maximum absolute atomic E-state index is 13.1. The third-order valence-corrected chi connectivity index (χ3v) is 5.01. The first kappa shape index (κ1) is 14.4. The van der Waals surface area contributed by atoms with Crippen molar-refractivity contribution in [3.63, 3.8) is 0 Å². The van der Waals surface area contributed by atoms with Gasteiger partial charge in [-0.25, -0.2) is 21.9 Å². The highest BCUT2D eigenvalue weighted by Crippen LogP contribution is 2.39. The molecule has 0 aromatic heterocycles. The van der Waals surface area contributed by atoms with Crippen LogP contribution in [0.3, 0.4) is 0 Å². The van der Waals surface area contributed by atoms with E-state index in [4.69, 9.17) is 5.73 Å². The average Bonchev–Trinajstić information content (AvgIpc) is 3.11. The van der Waals surface area contributed by atoms with Crippen LogP contribution >= 0.6 is 0 Å². The fourth-order valence-electron chi connectivity index (χ4n) is 2.06. The van der Waals surface area contributed by atoms with Crippen molar-refractivity contribution in [3.05, 3.63) is 29.8 Å². The van der Waals surface area contributed by atoms with E-state index in [1.54, 1.807) is 6.92 Å². The minimum Gasteiger partial charge on any atom is -0.329 e. The summed E-state index contributed by atoms with van der Waals surface area (Å²) in [6, 6.07) is 2.20. The highest BCUT2D eigenvalue weighted by atomic mass is 32.2. The normalized spacial score (nSPS) is 19.2. The standard InChI is InChI=1S/C12H16F2N2O2S/c1-12(7-15,8-2-3-8)16-19(17,18)11-5-9(13)4-10(14)6-11/h4-6,8,16H,2-3,7,15H2,1H3. The van der Waals surface area contributed by atoms with Crippen LogP contribution in [0.25, 0.3) is 0 Å². The van der Waals surface area contributed by atoms with Crippen LogP contribution in [0.1, 0.15) is 19.8 Å². The topological polar surface area (TPSA) is 72.2 Å². The molecular weight excluding hydrogens is 274 g/mol. The lowest BCUT2D eigenvalue weighted by Crippen LogP contribution is -2.52. The van der Waals surface area contributed by atoms with Crippen LogP contribution in [-0.4, -0.2) is 20.5 Å². The zero-order chi connectivity index (χ0) is 14.3. The van der Waals surface area contributed by atoms with Gasteiger partial charge in [0.25, 0.3) is 0 Å². The van der Waals surface area contributed by atoms with E-state index in [0.29, 0.717) is 6.07 Å². The number of hydrogen-bond donors (Lipinski definition) is 2. The van der Waals surface area contributed by atoms with Gasteiger partial charge < -0.3 is 5.73 Å². The molecule has 1 aliphatic rings. The number of rotatable bonds is 5. The van der Waals surface area contributed by atoms with Gasteiger partial charge in [0.1, 0.15) is 11.6 Å². The van der Waals surface area contributed by atoms with Crippen molar-refractivity contribution in [1.29, 1.82) is 0 Å². The molecule has 1 unspecified atom stereocenters. The summed E-state index contributed by atoms with van der Waals surface area (Å²) in [5.74, 6) is -1.69. The van der Waals surface area contributed by atoms with Crippen LogP contribution in [0.4, 0.5) is 8.78 Å². The maximum atomic E-state index is 13.1. The summed E-state index contributed by atoms with van der Waals surface area (Å²) in [5.41, 5.74) is 4.84. The number of nitrogens with two attached hydrogens (primary N) is 1. The van der Waals surface area contributed by atoms with Crippen molar-refractivity contribution in [2.75, 3.05) is 6.54 Å². The Hall–Kier alpha value is -1.05. The minimum atomic E-state index is -3.99. The lowest BCUT2D eigenvalue weighted by atomic mass is 9.98. The fraction of sp³-hybridized carbons (Fsp3) is 0.500. The van der Waals surface area contributed by atoms with Gasteiger partial charge in [-0.3, -0.25) is 0 Å². The highest BCUT2D eigenvalue weighted by Gasteiger charge is 2.43. The molecule has 4 nitrogen and oxygen atoms in total. The predicted octanol–water partition coefficient (Wildman–Crippen LogP) is 1.37. The first-order valence-electron chi connectivity index (χ1n) is 5.97. The molecule has 0 aliphatic heterocycles. The largest absolute Gasteiger partial charge is 0.329 e. The number of sulfonamides is 1. The van der Waals surface area contributed by atoms with Crippen molar-refractivity contribution in [3.8, 4) is 0 Å². The molecule has 1 saturated carbocycles. The lowest BCUT2D eigenvalue weighted by Gasteiger charge is -2.29. The first-order chi connectivity index (χ1) is 8.77. The monoisotopic (exact) mass is 290 g/mol. The van der Waals surface area contributed by atoms with Crippen molar-refractivity contribution in [2.24, 2.45) is 11.7 Å². The van der Waals surface area contributed by atoms with Crippen molar-refractivity contribution >= 4 is 10.0 Å². The van der Waals surface area contributed by atoms with Crippen LogP contribution in [0, 0.1) is 17.6 Å². The number of hydrogen-bond acceptors (Lipinski definition) is 3. The van der Waals surface area contributed by atoms with Gasteiger partial charge in [-0.05, 0) is 37.8 Å². The second kappa shape index (κ2) is 4.81. The van der Waals surface area contributed by atoms with E-state index < -0.39 is 32.1 Å². The SMILES string of the molecule is CC(CN)(NS(=O)(=O)c1cc(F)cc(F)c1)C1CC1. The molecule has 1 aliphatic carbocycles. The molecule has 19 heavy (non-hydrogen) atoms. The lowest BCUT2D eigenvalue weighted by molar-refractivity contribution is 0.374.